The van der Waals surface area contributed by atoms with Crippen molar-refractivity contribution in [3.05, 3.63) is 36.1 Å². The molecule has 0 aliphatic carbocycles. The SMILES string of the molecule is O=C(Cc1cc2ccccc2o1)C1C(=S)CN[C@@H]1C(=O)N1CCC[C@H]1CO. The van der Waals surface area contributed by atoms with Gasteiger partial charge < -0.3 is 19.7 Å². The molecule has 1 unspecified atom stereocenters. The largest absolute Gasteiger partial charge is 0.461 e. The van der Waals surface area contributed by atoms with Gasteiger partial charge in [-0.25, -0.2) is 0 Å². The number of nitrogens with one attached hydrogen (secondary N) is 1. The predicted octanol–water partition coefficient (Wildman–Crippen LogP) is 1.49. The van der Waals surface area contributed by atoms with Crippen LogP contribution in [0.4, 0.5) is 0 Å². The number of fused-ring (bicyclic) bond motifs is 1. The van der Waals surface area contributed by atoms with Gasteiger partial charge in [0.25, 0.3) is 0 Å². The number of amides is 1. The molecule has 2 saturated heterocycles. The zero-order valence-electron chi connectivity index (χ0n) is 14.9. The number of carbonyl (C=O) groups is 2. The van der Waals surface area contributed by atoms with E-state index in [4.69, 9.17) is 16.6 Å². The number of nitrogens with zero attached hydrogens (tertiary/aromatic N) is 1. The Balaban J connectivity index is 1.52. The third kappa shape index (κ3) is 3.42. The number of aliphatic hydroxyl groups is 1. The first-order valence-electron chi connectivity index (χ1n) is 9.26. The Morgan fingerprint density at radius 3 is 2.93 bits per heavy atom. The number of aliphatic hydroxyl groups excluding tert-OH is 1. The summed E-state index contributed by atoms with van der Waals surface area (Å²) in [4.78, 5) is 28.2. The van der Waals surface area contributed by atoms with Gasteiger partial charge in [-0.2, -0.15) is 0 Å². The van der Waals surface area contributed by atoms with Crippen LogP contribution < -0.4 is 5.32 Å². The van der Waals surface area contributed by atoms with E-state index in [1.165, 1.54) is 0 Å². The van der Waals surface area contributed by atoms with Gasteiger partial charge in [0.1, 0.15) is 17.4 Å². The lowest BCUT2D eigenvalue weighted by molar-refractivity contribution is -0.137. The van der Waals surface area contributed by atoms with Crippen LogP contribution in [0.5, 0.6) is 0 Å². The average molecular weight is 386 g/mol. The summed E-state index contributed by atoms with van der Waals surface area (Å²) in [5, 5.41) is 13.6. The molecule has 3 heterocycles. The fourth-order valence-corrected chi connectivity index (χ4v) is 4.47. The Morgan fingerprint density at radius 2 is 2.15 bits per heavy atom. The van der Waals surface area contributed by atoms with Crippen LogP contribution in [-0.2, 0) is 16.0 Å². The lowest BCUT2D eigenvalue weighted by Crippen LogP contribution is -2.50. The van der Waals surface area contributed by atoms with Gasteiger partial charge in [0.15, 0.2) is 5.78 Å². The number of para-hydroxylation sites is 1. The number of Topliss-reactive ketones (excluding diaryl/α,β-unsaturated/α-hetero) is 1. The lowest BCUT2D eigenvalue weighted by atomic mass is 9.92. The average Bonchev–Trinajstić information content (AvgIpc) is 3.37. The number of benzene rings is 1. The molecule has 27 heavy (non-hydrogen) atoms. The molecule has 2 aromatic rings. The van der Waals surface area contributed by atoms with Crippen LogP contribution in [0.1, 0.15) is 18.6 Å². The van der Waals surface area contributed by atoms with E-state index in [1.54, 1.807) is 4.90 Å². The summed E-state index contributed by atoms with van der Waals surface area (Å²) in [7, 11) is 0. The van der Waals surface area contributed by atoms with Gasteiger partial charge in [-0.3, -0.25) is 9.59 Å². The molecule has 3 atom stereocenters. The summed E-state index contributed by atoms with van der Waals surface area (Å²) in [5.74, 6) is -0.311. The Labute approximate surface area is 162 Å². The minimum Gasteiger partial charge on any atom is -0.461 e. The maximum atomic E-state index is 13.0. The van der Waals surface area contributed by atoms with Gasteiger partial charge in [0, 0.05) is 23.3 Å². The van der Waals surface area contributed by atoms with Crippen molar-refractivity contribution in [3.63, 3.8) is 0 Å². The summed E-state index contributed by atoms with van der Waals surface area (Å²) < 4.78 is 5.75. The van der Waals surface area contributed by atoms with Crippen molar-refractivity contribution in [1.82, 2.24) is 10.2 Å². The van der Waals surface area contributed by atoms with Gasteiger partial charge in [0.05, 0.1) is 25.0 Å². The highest BCUT2D eigenvalue weighted by atomic mass is 32.1. The first kappa shape index (κ1) is 18.3. The normalized spacial score (nSPS) is 25.4. The molecule has 1 aromatic heterocycles. The standard InChI is InChI=1S/C20H22N2O4S/c23-11-13-5-3-7-22(13)20(25)19-18(17(27)10-21-19)15(24)9-14-8-12-4-1-2-6-16(12)26-14/h1-2,4,6,8,13,18-19,21,23H,3,5,7,9-11H2/t13-,18?,19-/m0/s1. The smallest absolute Gasteiger partial charge is 0.241 e. The van der Waals surface area contributed by atoms with Crippen molar-refractivity contribution in [3.8, 4) is 0 Å². The van der Waals surface area contributed by atoms with Gasteiger partial charge in [-0.1, -0.05) is 30.4 Å². The molecule has 2 aliphatic rings. The van der Waals surface area contributed by atoms with E-state index in [2.05, 4.69) is 5.32 Å². The van der Waals surface area contributed by atoms with Gasteiger partial charge in [-0.15, -0.1) is 0 Å². The number of thiocarbonyl (C=S) groups is 1. The number of hydrogen-bond donors (Lipinski definition) is 2. The molecule has 1 aromatic carbocycles. The van der Waals surface area contributed by atoms with E-state index < -0.39 is 12.0 Å². The summed E-state index contributed by atoms with van der Waals surface area (Å²) in [5.41, 5.74) is 0.739. The first-order valence-corrected chi connectivity index (χ1v) is 9.67. The monoisotopic (exact) mass is 386 g/mol. The van der Waals surface area contributed by atoms with Crippen LogP contribution in [-0.4, -0.2) is 58.3 Å². The van der Waals surface area contributed by atoms with Crippen LogP contribution in [0.3, 0.4) is 0 Å². The highest BCUT2D eigenvalue weighted by Crippen LogP contribution is 2.25. The number of likely N-dealkylation sites (tertiary alicyclic amines) is 1. The van der Waals surface area contributed by atoms with Crippen molar-refractivity contribution < 1.29 is 19.1 Å². The van der Waals surface area contributed by atoms with Gasteiger partial charge in [0.2, 0.25) is 5.91 Å². The number of ketones is 1. The zero-order chi connectivity index (χ0) is 19.0. The van der Waals surface area contributed by atoms with Crippen LogP contribution in [0.2, 0.25) is 0 Å². The summed E-state index contributed by atoms with van der Waals surface area (Å²) in [6.45, 7) is 0.930. The Morgan fingerprint density at radius 1 is 1.33 bits per heavy atom. The van der Waals surface area contributed by atoms with E-state index in [-0.39, 0.29) is 30.8 Å². The molecule has 0 spiro atoms. The number of rotatable bonds is 5. The summed E-state index contributed by atoms with van der Waals surface area (Å²) in [6.07, 6.45) is 1.76. The topological polar surface area (TPSA) is 82.8 Å². The third-order valence-corrected chi connectivity index (χ3v) is 5.88. The Bertz CT molecular complexity index is 860. The second kappa shape index (κ2) is 7.50. The van der Waals surface area contributed by atoms with E-state index in [0.717, 1.165) is 23.8 Å². The molecule has 142 valence electrons. The summed E-state index contributed by atoms with van der Waals surface area (Å²) in [6, 6.07) is 8.64. The highest BCUT2D eigenvalue weighted by Gasteiger charge is 2.44. The molecule has 0 saturated carbocycles. The molecule has 2 N–H and O–H groups in total. The molecular weight excluding hydrogens is 364 g/mol. The number of carbonyl (C=O) groups excluding carboxylic acids is 2. The number of furan rings is 1. The molecule has 6 nitrogen and oxygen atoms in total. The lowest BCUT2D eigenvalue weighted by Gasteiger charge is -2.28. The second-order valence-electron chi connectivity index (χ2n) is 7.21. The predicted molar refractivity (Wildman–Crippen MR) is 105 cm³/mol. The fourth-order valence-electron chi connectivity index (χ4n) is 4.12. The highest BCUT2D eigenvalue weighted by molar-refractivity contribution is 7.80. The molecule has 0 radical (unpaired) electrons. The third-order valence-electron chi connectivity index (χ3n) is 5.49. The van der Waals surface area contributed by atoms with Crippen molar-refractivity contribution in [1.29, 1.82) is 0 Å². The molecule has 0 bridgehead atoms. The quantitative estimate of drug-likeness (QED) is 0.758. The second-order valence-corrected chi connectivity index (χ2v) is 7.73. The van der Waals surface area contributed by atoms with Crippen molar-refractivity contribution >= 4 is 39.7 Å². The molecule has 4 rings (SSSR count). The molecule has 2 fully saturated rings. The fraction of sp³-hybridized carbons (Fsp3) is 0.450. The molecule has 1 amide bonds. The van der Waals surface area contributed by atoms with E-state index in [9.17, 15) is 14.7 Å². The minimum atomic E-state index is -0.651. The van der Waals surface area contributed by atoms with Gasteiger partial charge in [-0.05, 0) is 25.0 Å². The zero-order valence-corrected chi connectivity index (χ0v) is 15.7. The maximum absolute atomic E-state index is 13.0. The Kier molecular flexibility index (Phi) is 5.08. The van der Waals surface area contributed by atoms with Crippen LogP contribution >= 0.6 is 12.2 Å². The van der Waals surface area contributed by atoms with Crippen LogP contribution in [0.25, 0.3) is 11.0 Å². The molecular formula is C20H22N2O4S. The van der Waals surface area contributed by atoms with Crippen molar-refractivity contribution in [2.24, 2.45) is 5.92 Å². The van der Waals surface area contributed by atoms with E-state index in [1.807, 2.05) is 30.3 Å². The van der Waals surface area contributed by atoms with Crippen molar-refractivity contribution in [2.45, 2.75) is 31.3 Å². The number of hydrogen-bond acceptors (Lipinski definition) is 6. The van der Waals surface area contributed by atoms with E-state index >= 15 is 0 Å². The molecule has 2 aliphatic heterocycles. The Hall–Kier alpha value is -2.09. The van der Waals surface area contributed by atoms with Crippen LogP contribution in [0.15, 0.2) is 34.7 Å². The van der Waals surface area contributed by atoms with Gasteiger partial charge >= 0.3 is 0 Å². The van der Waals surface area contributed by atoms with Crippen molar-refractivity contribution in [2.75, 3.05) is 19.7 Å². The molecule has 7 heteroatoms. The van der Waals surface area contributed by atoms with Crippen LogP contribution in [0, 0.1) is 5.92 Å². The summed E-state index contributed by atoms with van der Waals surface area (Å²) >= 11 is 5.39. The van der Waals surface area contributed by atoms with E-state index in [0.29, 0.717) is 23.7 Å². The first-order chi connectivity index (χ1) is 13.1. The maximum Gasteiger partial charge on any atom is 0.241 e. The minimum absolute atomic E-state index is 0.0551.